The lowest BCUT2D eigenvalue weighted by atomic mass is 9.87. The molecule has 0 saturated heterocycles. The van der Waals surface area contributed by atoms with Gasteiger partial charge in [0.1, 0.15) is 5.65 Å². The molecule has 0 bridgehead atoms. The van der Waals surface area contributed by atoms with Crippen LogP contribution in [0.5, 0.6) is 0 Å². The first-order chi connectivity index (χ1) is 10.3. The zero-order valence-electron chi connectivity index (χ0n) is 12.5. The molecule has 7 heteroatoms. The molecule has 0 aromatic carbocycles. The standard InChI is InChI=1S/C15H18F3N3O/c1-8-4-3-5-10(6-8)21-13(22)11-7-9(2)19-12(11)20-14(21)15(16,17)18/h7-8,10,19H,3-6H2,1-2H3. The molecular weight excluding hydrogens is 295 g/mol. The van der Waals surface area contributed by atoms with Crippen molar-refractivity contribution in [3.8, 4) is 0 Å². The van der Waals surface area contributed by atoms with Crippen LogP contribution in [0, 0.1) is 12.8 Å². The minimum Gasteiger partial charge on any atom is -0.343 e. The molecule has 0 spiro atoms. The van der Waals surface area contributed by atoms with E-state index in [1.54, 1.807) is 13.0 Å². The Labute approximate surface area is 125 Å². The van der Waals surface area contributed by atoms with Crippen molar-refractivity contribution in [1.29, 1.82) is 0 Å². The number of hydrogen-bond acceptors (Lipinski definition) is 2. The van der Waals surface area contributed by atoms with Crippen molar-refractivity contribution < 1.29 is 13.2 Å². The van der Waals surface area contributed by atoms with E-state index in [1.165, 1.54) is 0 Å². The first-order valence-corrected chi connectivity index (χ1v) is 7.46. The normalized spacial score (nSPS) is 23.1. The second-order valence-electron chi connectivity index (χ2n) is 6.25. The van der Waals surface area contributed by atoms with Crippen LogP contribution in [0.2, 0.25) is 0 Å². The van der Waals surface area contributed by atoms with Crippen molar-refractivity contribution in [3.05, 3.63) is 27.9 Å². The summed E-state index contributed by atoms with van der Waals surface area (Å²) in [5.74, 6) is -0.777. The van der Waals surface area contributed by atoms with Crippen LogP contribution < -0.4 is 5.56 Å². The second-order valence-corrected chi connectivity index (χ2v) is 6.25. The molecule has 0 amide bonds. The van der Waals surface area contributed by atoms with E-state index >= 15 is 0 Å². The molecule has 2 aromatic heterocycles. The SMILES string of the molecule is Cc1cc2c(=O)n(C3CCCC(C)C3)c(C(F)(F)F)nc2[nH]1. The van der Waals surface area contributed by atoms with Crippen molar-refractivity contribution in [1.82, 2.24) is 14.5 Å². The van der Waals surface area contributed by atoms with Gasteiger partial charge in [0, 0.05) is 11.7 Å². The Morgan fingerprint density at radius 3 is 2.73 bits per heavy atom. The third-order valence-electron chi connectivity index (χ3n) is 4.35. The summed E-state index contributed by atoms with van der Waals surface area (Å²) in [4.78, 5) is 19.1. The molecule has 1 aliphatic rings. The first-order valence-electron chi connectivity index (χ1n) is 7.46. The van der Waals surface area contributed by atoms with E-state index in [9.17, 15) is 18.0 Å². The van der Waals surface area contributed by atoms with Crippen LogP contribution >= 0.6 is 0 Å². The van der Waals surface area contributed by atoms with Crippen LogP contribution in [0.15, 0.2) is 10.9 Å². The molecule has 1 fully saturated rings. The van der Waals surface area contributed by atoms with E-state index in [0.717, 1.165) is 17.4 Å². The zero-order chi connectivity index (χ0) is 16.1. The fourth-order valence-corrected chi connectivity index (χ4v) is 3.39. The van der Waals surface area contributed by atoms with Crippen LogP contribution in [0.25, 0.3) is 11.0 Å². The van der Waals surface area contributed by atoms with Gasteiger partial charge in [-0.05, 0) is 31.7 Å². The molecule has 1 N–H and O–H groups in total. The largest absolute Gasteiger partial charge is 0.449 e. The zero-order valence-corrected chi connectivity index (χ0v) is 12.5. The Balaban J connectivity index is 2.25. The first kappa shape index (κ1) is 15.1. The van der Waals surface area contributed by atoms with Gasteiger partial charge in [-0.3, -0.25) is 9.36 Å². The molecule has 22 heavy (non-hydrogen) atoms. The van der Waals surface area contributed by atoms with Crippen molar-refractivity contribution in [2.45, 2.75) is 51.7 Å². The van der Waals surface area contributed by atoms with Crippen LogP contribution in [0.1, 0.15) is 50.2 Å². The van der Waals surface area contributed by atoms with Gasteiger partial charge in [-0.25, -0.2) is 4.98 Å². The summed E-state index contributed by atoms with van der Waals surface area (Å²) < 4.78 is 41.0. The predicted octanol–water partition coefficient (Wildman–Crippen LogP) is 3.80. The van der Waals surface area contributed by atoms with Crippen molar-refractivity contribution in [2.24, 2.45) is 5.92 Å². The lowest BCUT2D eigenvalue weighted by Crippen LogP contribution is -2.34. The highest BCUT2D eigenvalue weighted by Gasteiger charge is 2.40. The van der Waals surface area contributed by atoms with Crippen molar-refractivity contribution >= 4 is 11.0 Å². The molecule has 0 aliphatic heterocycles. The number of alkyl halides is 3. The van der Waals surface area contributed by atoms with Crippen LogP contribution in [-0.4, -0.2) is 14.5 Å². The Bertz CT molecular complexity index is 760. The molecule has 2 unspecified atom stereocenters. The molecule has 3 rings (SSSR count). The van der Waals surface area contributed by atoms with Gasteiger partial charge in [0.05, 0.1) is 5.39 Å². The van der Waals surface area contributed by atoms with Gasteiger partial charge in [-0.2, -0.15) is 13.2 Å². The number of hydrogen-bond donors (Lipinski definition) is 1. The lowest BCUT2D eigenvalue weighted by Gasteiger charge is -2.30. The molecule has 0 radical (unpaired) electrons. The third-order valence-corrected chi connectivity index (χ3v) is 4.35. The Morgan fingerprint density at radius 1 is 1.36 bits per heavy atom. The number of nitrogens with zero attached hydrogens (tertiary/aromatic N) is 2. The van der Waals surface area contributed by atoms with E-state index in [0.29, 0.717) is 24.5 Å². The number of fused-ring (bicyclic) bond motifs is 1. The van der Waals surface area contributed by atoms with Gasteiger partial charge >= 0.3 is 6.18 Å². The quantitative estimate of drug-likeness (QED) is 0.870. The summed E-state index contributed by atoms with van der Waals surface area (Å²) in [7, 11) is 0. The number of aromatic nitrogens is 3. The molecule has 2 atom stereocenters. The smallest absolute Gasteiger partial charge is 0.343 e. The van der Waals surface area contributed by atoms with Gasteiger partial charge in [0.2, 0.25) is 5.82 Å². The highest BCUT2D eigenvalue weighted by atomic mass is 19.4. The fourth-order valence-electron chi connectivity index (χ4n) is 3.39. The van der Waals surface area contributed by atoms with Gasteiger partial charge in [-0.15, -0.1) is 0 Å². The minimum atomic E-state index is -4.65. The van der Waals surface area contributed by atoms with E-state index in [1.807, 2.05) is 6.92 Å². The molecular formula is C15H18F3N3O. The van der Waals surface area contributed by atoms with Gasteiger partial charge in [0.25, 0.3) is 5.56 Å². The highest BCUT2D eigenvalue weighted by Crippen LogP contribution is 2.36. The average Bonchev–Trinajstić information content (AvgIpc) is 2.78. The van der Waals surface area contributed by atoms with Gasteiger partial charge in [0.15, 0.2) is 0 Å². The molecule has 1 aliphatic carbocycles. The number of H-pyrrole nitrogens is 1. The maximum atomic E-state index is 13.4. The molecule has 4 nitrogen and oxygen atoms in total. The number of halogens is 3. The summed E-state index contributed by atoms with van der Waals surface area (Å²) in [6.45, 7) is 3.71. The Morgan fingerprint density at radius 2 is 2.09 bits per heavy atom. The Hall–Kier alpha value is -1.79. The van der Waals surface area contributed by atoms with Crippen molar-refractivity contribution in [3.63, 3.8) is 0 Å². The van der Waals surface area contributed by atoms with E-state index in [-0.39, 0.29) is 11.0 Å². The lowest BCUT2D eigenvalue weighted by molar-refractivity contribution is -0.149. The average molecular weight is 313 g/mol. The molecule has 2 heterocycles. The Kier molecular flexibility index (Phi) is 3.53. The summed E-state index contributed by atoms with van der Waals surface area (Å²) in [6, 6.07) is 1.13. The summed E-state index contributed by atoms with van der Waals surface area (Å²) in [5, 5.41) is 0.226. The topological polar surface area (TPSA) is 50.7 Å². The van der Waals surface area contributed by atoms with E-state index in [2.05, 4.69) is 9.97 Å². The molecule has 1 saturated carbocycles. The molecule has 120 valence electrons. The number of aryl methyl sites for hydroxylation is 1. The number of rotatable bonds is 1. The summed E-state index contributed by atoms with van der Waals surface area (Å²) in [5.41, 5.74) is 0.0400. The van der Waals surface area contributed by atoms with Crippen LogP contribution in [-0.2, 0) is 6.18 Å². The minimum absolute atomic E-state index is 0.00920. The highest BCUT2D eigenvalue weighted by molar-refractivity contribution is 5.75. The monoisotopic (exact) mass is 313 g/mol. The number of aromatic amines is 1. The summed E-state index contributed by atoms with van der Waals surface area (Å²) in [6.07, 6.45) is -1.65. The van der Waals surface area contributed by atoms with Crippen LogP contribution in [0.3, 0.4) is 0 Å². The van der Waals surface area contributed by atoms with E-state index < -0.39 is 23.6 Å². The maximum Gasteiger partial charge on any atom is 0.449 e. The molecule has 2 aromatic rings. The second kappa shape index (κ2) is 5.14. The maximum absolute atomic E-state index is 13.4. The van der Waals surface area contributed by atoms with Crippen molar-refractivity contribution in [2.75, 3.05) is 0 Å². The predicted molar refractivity (Wildman–Crippen MR) is 76.8 cm³/mol. The van der Waals surface area contributed by atoms with E-state index in [4.69, 9.17) is 0 Å². The van der Waals surface area contributed by atoms with Crippen LogP contribution in [0.4, 0.5) is 13.2 Å². The summed E-state index contributed by atoms with van der Waals surface area (Å²) >= 11 is 0. The number of nitrogens with one attached hydrogen (secondary N) is 1. The third kappa shape index (κ3) is 2.53. The fraction of sp³-hybridized carbons (Fsp3) is 0.600. The van der Waals surface area contributed by atoms with Gasteiger partial charge in [-0.1, -0.05) is 19.8 Å². The van der Waals surface area contributed by atoms with Gasteiger partial charge < -0.3 is 4.98 Å².